The summed E-state index contributed by atoms with van der Waals surface area (Å²) < 4.78 is 1.62. The third-order valence-electron chi connectivity index (χ3n) is 2.88. The van der Waals surface area contributed by atoms with Crippen LogP contribution >= 0.6 is 0 Å². The quantitative estimate of drug-likeness (QED) is 0.340. The SMILES string of the molecule is N/C(=N/O)c1cccn(CCC2CC2)c1=O. The Bertz CT molecular complexity index is 461. The molecule has 0 atom stereocenters. The zero-order valence-corrected chi connectivity index (χ0v) is 8.97. The highest BCUT2D eigenvalue weighted by molar-refractivity contribution is 5.96. The van der Waals surface area contributed by atoms with E-state index in [1.807, 2.05) is 0 Å². The van der Waals surface area contributed by atoms with Crippen LogP contribution in [0.3, 0.4) is 0 Å². The van der Waals surface area contributed by atoms with Crippen molar-refractivity contribution in [3.8, 4) is 0 Å². The number of aryl methyl sites for hydroxylation is 1. The number of aromatic nitrogens is 1. The average Bonchev–Trinajstić information content (AvgIpc) is 3.10. The number of pyridine rings is 1. The van der Waals surface area contributed by atoms with Gasteiger partial charge in [-0.15, -0.1) is 0 Å². The molecule has 1 aliphatic carbocycles. The van der Waals surface area contributed by atoms with Gasteiger partial charge in [0, 0.05) is 12.7 Å². The molecule has 1 heterocycles. The van der Waals surface area contributed by atoms with Gasteiger partial charge in [-0.25, -0.2) is 0 Å². The van der Waals surface area contributed by atoms with Crippen LogP contribution in [0.4, 0.5) is 0 Å². The van der Waals surface area contributed by atoms with Gasteiger partial charge in [0.15, 0.2) is 5.84 Å². The van der Waals surface area contributed by atoms with Gasteiger partial charge >= 0.3 is 0 Å². The molecule has 0 unspecified atom stereocenters. The summed E-state index contributed by atoms with van der Waals surface area (Å²) in [6.45, 7) is 0.704. The van der Waals surface area contributed by atoms with Crippen molar-refractivity contribution >= 4 is 5.84 Å². The fraction of sp³-hybridized carbons (Fsp3) is 0.455. The van der Waals surface area contributed by atoms with Crippen LogP contribution in [0, 0.1) is 5.92 Å². The molecule has 0 bridgehead atoms. The summed E-state index contributed by atoms with van der Waals surface area (Å²) in [6, 6.07) is 3.30. The Morgan fingerprint density at radius 2 is 2.38 bits per heavy atom. The molecule has 1 aromatic rings. The maximum absolute atomic E-state index is 11.9. The van der Waals surface area contributed by atoms with Crippen LogP contribution in [-0.2, 0) is 6.54 Å². The van der Waals surface area contributed by atoms with E-state index in [2.05, 4.69) is 5.16 Å². The Morgan fingerprint density at radius 3 is 3.00 bits per heavy atom. The second-order valence-corrected chi connectivity index (χ2v) is 4.14. The number of hydrogen-bond acceptors (Lipinski definition) is 3. The van der Waals surface area contributed by atoms with Gasteiger partial charge in [0.05, 0.1) is 5.56 Å². The minimum atomic E-state index is -0.196. The van der Waals surface area contributed by atoms with Crippen molar-refractivity contribution in [3.63, 3.8) is 0 Å². The van der Waals surface area contributed by atoms with Gasteiger partial charge in [-0.1, -0.05) is 18.0 Å². The van der Waals surface area contributed by atoms with Gasteiger partial charge in [-0.2, -0.15) is 0 Å². The van der Waals surface area contributed by atoms with Crippen molar-refractivity contribution in [3.05, 3.63) is 34.2 Å². The summed E-state index contributed by atoms with van der Waals surface area (Å²) in [5.74, 6) is 0.644. The Kier molecular flexibility index (Phi) is 2.94. The van der Waals surface area contributed by atoms with Gasteiger partial charge in [-0.3, -0.25) is 4.79 Å². The van der Waals surface area contributed by atoms with E-state index in [-0.39, 0.29) is 17.0 Å². The van der Waals surface area contributed by atoms with Crippen LogP contribution in [0.2, 0.25) is 0 Å². The van der Waals surface area contributed by atoms with Crippen LogP contribution in [0.1, 0.15) is 24.8 Å². The highest BCUT2D eigenvalue weighted by Gasteiger charge is 2.21. The number of hydrogen-bond donors (Lipinski definition) is 2. The predicted octanol–water partition coefficient (Wildman–Crippen LogP) is 0.743. The number of rotatable bonds is 4. The van der Waals surface area contributed by atoms with E-state index in [9.17, 15) is 4.79 Å². The molecular formula is C11H15N3O2. The molecule has 1 aromatic heterocycles. The molecular weight excluding hydrogens is 206 g/mol. The first kappa shape index (κ1) is 10.7. The maximum Gasteiger partial charge on any atom is 0.261 e. The van der Waals surface area contributed by atoms with Gasteiger partial charge in [0.25, 0.3) is 5.56 Å². The number of amidine groups is 1. The third-order valence-corrected chi connectivity index (χ3v) is 2.88. The molecule has 1 fully saturated rings. The molecule has 5 heteroatoms. The molecule has 5 nitrogen and oxygen atoms in total. The normalized spacial score (nSPS) is 16.4. The summed E-state index contributed by atoms with van der Waals surface area (Å²) in [5.41, 5.74) is 5.47. The lowest BCUT2D eigenvalue weighted by Gasteiger charge is -2.06. The van der Waals surface area contributed by atoms with E-state index in [0.717, 1.165) is 12.3 Å². The zero-order valence-electron chi connectivity index (χ0n) is 8.97. The zero-order chi connectivity index (χ0) is 11.5. The standard InChI is InChI=1S/C11H15N3O2/c12-10(13-16)9-2-1-6-14(11(9)15)7-5-8-3-4-8/h1-2,6,8,16H,3-5,7H2,(H2,12,13). The molecule has 0 aromatic carbocycles. The monoisotopic (exact) mass is 221 g/mol. The van der Waals surface area contributed by atoms with Gasteiger partial charge in [0.2, 0.25) is 0 Å². The topological polar surface area (TPSA) is 80.6 Å². The lowest BCUT2D eigenvalue weighted by Crippen LogP contribution is -2.29. The first-order chi connectivity index (χ1) is 7.72. The molecule has 3 N–H and O–H groups in total. The molecule has 0 amide bonds. The second-order valence-electron chi connectivity index (χ2n) is 4.14. The van der Waals surface area contributed by atoms with Gasteiger partial charge < -0.3 is 15.5 Å². The lowest BCUT2D eigenvalue weighted by atomic mass is 10.2. The fourth-order valence-electron chi connectivity index (χ4n) is 1.69. The highest BCUT2D eigenvalue weighted by atomic mass is 16.4. The molecule has 0 spiro atoms. The number of nitrogens with two attached hydrogens (primary N) is 1. The largest absolute Gasteiger partial charge is 0.409 e. The average molecular weight is 221 g/mol. The first-order valence-electron chi connectivity index (χ1n) is 5.39. The molecule has 16 heavy (non-hydrogen) atoms. The van der Waals surface area contributed by atoms with Crippen molar-refractivity contribution in [2.24, 2.45) is 16.8 Å². The predicted molar refractivity (Wildman–Crippen MR) is 60.6 cm³/mol. The van der Waals surface area contributed by atoms with E-state index in [0.29, 0.717) is 6.54 Å². The molecule has 1 saturated carbocycles. The lowest BCUT2D eigenvalue weighted by molar-refractivity contribution is 0.318. The fourth-order valence-corrected chi connectivity index (χ4v) is 1.69. The summed E-state index contributed by atoms with van der Waals surface area (Å²) in [4.78, 5) is 11.9. The smallest absolute Gasteiger partial charge is 0.261 e. The highest BCUT2D eigenvalue weighted by Crippen LogP contribution is 2.32. The second kappa shape index (κ2) is 4.38. The van der Waals surface area contributed by atoms with E-state index >= 15 is 0 Å². The summed E-state index contributed by atoms with van der Waals surface area (Å²) in [5, 5.41) is 11.4. The van der Waals surface area contributed by atoms with Gasteiger partial charge in [0.1, 0.15) is 0 Å². The first-order valence-corrected chi connectivity index (χ1v) is 5.39. The van der Waals surface area contributed by atoms with Crippen LogP contribution < -0.4 is 11.3 Å². The summed E-state index contributed by atoms with van der Waals surface area (Å²) >= 11 is 0. The minimum absolute atomic E-state index is 0.134. The summed E-state index contributed by atoms with van der Waals surface area (Å²) in [6.07, 6.45) is 5.31. The molecule has 2 rings (SSSR count). The molecule has 0 radical (unpaired) electrons. The van der Waals surface area contributed by atoms with E-state index in [1.54, 1.807) is 22.9 Å². The maximum atomic E-state index is 11.9. The van der Waals surface area contributed by atoms with Crippen molar-refractivity contribution < 1.29 is 5.21 Å². The number of nitrogens with zero attached hydrogens (tertiary/aromatic N) is 2. The molecule has 0 saturated heterocycles. The van der Waals surface area contributed by atoms with E-state index in [1.165, 1.54) is 12.8 Å². The van der Waals surface area contributed by atoms with Crippen molar-refractivity contribution in [1.82, 2.24) is 4.57 Å². The Labute approximate surface area is 93.2 Å². The Hall–Kier alpha value is -1.78. The Balaban J connectivity index is 2.21. The van der Waals surface area contributed by atoms with Crippen LogP contribution in [0.25, 0.3) is 0 Å². The number of oxime groups is 1. The summed E-state index contributed by atoms with van der Waals surface area (Å²) in [7, 11) is 0. The molecule has 86 valence electrons. The van der Waals surface area contributed by atoms with Crippen LogP contribution in [0.5, 0.6) is 0 Å². The van der Waals surface area contributed by atoms with Crippen molar-refractivity contribution in [1.29, 1.82) is 0 Å². The van der Waals surface area contributed by atoms with Crippen LogP contribution in [0.15, 0.2) is 28.3 Å². The Morgan fingerprint density at radius 1 is 1.62 bits per heavy atom. The van der Waals surface area contributed by atoms with E-state index in [4.69, 9.17) is 10.9 Å². The van der Waals surface area contributed by atoms with Gasteiger partial charge in [-0.05, 0) is 24.5 Å². The third kappa shape index (κ3) is 2.24. The van der Waals surface area contributed by atoms with E-state index < -0.39 is 0 Å². The van der Waals surface area contributed by atoms with Crippen molar-refractivity contribution in [2.45, 2.75) is 25.8 Å². The van der Waals surface area contributed by atoms with Crippen LogP contribution in [-0.4, -0.2) is 15.6 Å². The van der Waals surface area contributed by atoms with Crippen molar-refractivity contribution in [2.75, 3.05) is 0 Å². The minimum Gasteiger partial charge on any atom is -0.409 e. The molecule has 0 aliphatic heterocycles. The molecule has 1 aliphatic rings.